The summed E-state index contributed by atoms with van der Waals surface area (Å²) in [5, 5.41) is 9.16. The second-order valence-electron chi connectivity index (χ2n) is 2.53. The highest BCUT2D eigenvalue weighted by molar-refractivity contribution is 5.78. The zero-order valence-electron chi connectivity index (χ0n) is 6.25. The van der Waals surface area contributed by atoms with Gasteiger partial charge in [-0.05, 0) is 12.1 Å². The molecule has 0 aliphatic rings. The Morgan fingerprint density at radius 2 is 2.17 bits per heavy atom. The van der Waals surface area contributed by atoms with Gasteiger partial charge in [-0.2, -0.15) is 0 Å². The molecule has 0 fully saturated rings. The molecule has 2 rings (SSSR count). The van der Waals surface area contributed by atoms with Crippen molar-refractivity contribution in [2.45, 2.75) is 6.61 Å². The van der Waals surface area contributed by atoms with Crippen LogP contribution in [0.15, 0.2) is 28.9 Å². The van der Waals surface area contributed by atoms with Gasteiger partial charge in [-0.25, -0.2) is 4.39 Å². The molecule has 0 saturated carbocycles. The topological polar surface area (TPSA) is 33.4 Å². The molecule has 0 saturated heterocycles. The van der Waals surface area contributed by atoms with Crippen molar-refractivity contribution in [3.63, 3.8) is 0 Å². The van der Waals surface area contributed by atoms with Crippen LogP contribution in [0.25, 0.3) is 11.0 Å². The first-order valence-electron chi connectivity index (χ1n) is 3.58. The lowest BCUT2D eigenvalue weighted by molar-refractivity contribution is 0.276. The zero-order chi connectivity index (χ0) is 8.55. The molecule has 12 heavy (non-hydrogen) atoms. The third-order valence-corrected chi connectivity index (χ3v) is 1.82. The second kappa shape index (κ2) is 2.60. The lowest BCUT2D eigenvalue weighted by Gasteiger charge is -1.97. The molecule has 1 aromatic heterocycles. The smallest absolute Gasteiger partial charge is 0.139 e. The van der Waals surface area contributed by atoms with Gasteiger partial charge in [0.05, 0.1) is 18.3 Å². The first-order chi connectivity index (χ1) is 5.83. The minimum Gasteiger partial charge on any atom is -0.464 e. The molecule has 1 aromatic carbocycles. The van der Waals surface area contributed by atoms with Crippen LogP contribution in [0.1, 0.15) is 5.56 Å². The third-order valence-electron chi connectivity index (χ3n) is 1.82. The highest BCUT2D eigenvalue weighted by Gasteiger charge is 2.07. The van der Waals surface area contributed by atoms with Crippen molar-refractivity contribution in [3.8, 4) is 0 Å². The largest absolute Gasteiger partial charge is 0.464 e. The van der Waals surface area contributed by atoms with Crippen molar-refractivity contribution in [3.05, 3.63) is 35.8 Å². The number of rotatable bonds is 1. The van der Waals surface area contributed by atoms with Crippen molar-refractivity contribution in [1.82, 2.24) is 0 Å². The standard InChI is InChI=1S/C9H7FO2/c10-9-6(5-11)1-2-8-7(9)3-4-12-8/h1-4,11H,5H2. The molecule has 0 spiro atoms. The molecule has 3 heteroatoms. The third kappa shape index (κ3) is 0.905. The second-order valence-corrected chi connectivity index (χ2v) is 2.53. The molecule has 0 unspecified atom stereocenters. The van der Waals surface area contributed by atoms with Crippen LogP contribution < -0.4 is 0 Å². The average molecular weight is 166 g/mol. The van der Waals surface area contributed by atoms with Crippen molar-refractivity contribution < 1.29 is 13.9 Å². The summed E-state index contributed by atoms with van der Waals surface area (Å²) < 4.78 is 18.3. The summed E-state index contributed by atoms with van der Waals surface area (Å²) in [6.07, 6.45) is 1.43. The van der Waals surface area contributed by atoms with Crippen LogP contribution in [0.3, 0.4) is 0 Å². The van der Waals surface area contributed by atoms with Crippen molar-refractivity contribution in [2.24, 2.45) is 0 Å². The molecule has 0 bridgehead atoms. The van der Waals surface area contributed by atoms with Crippen LogP contribution in [0.4, 0.5) is 4.39 Å². The summed E-state index contributed by atoms with van der Waals surface area (Å²) in [4.78, 5) is 0. The maximum atomic E-state index is 13.3. The number of furan rings is 1. The minimum absolute atomic E-state index is 0.285. The molecule has 2 aromatic rings. The quantitative estimate of drug-likeness (QED) is 0.703. The van der Waals surface area contributed by atoms with Gasteiger partial charge in [-0.3, -0.25) is 0 Å². The van der Waals surface area contributed by atoms with Gasteiger partial charge in [0.1, 0.15) is 11.4 Å². The Hall–Kier alpha value is -1.35. The van der Waals surface area contributed by atoms with E-state index in [0.717, 1.165) is 0 Å². The Balaban J connectivity index is 2.78. The van der Waals surface area contributed by atoms with E-state index < -0.39 is 5.82 Å². The fourth-order valence-electron chi connectivity index (χ4n) is 1.18. The molecule has 0 aliphatic carbocycles. The Kier molecular flexibility index (Phi) is 1.59. The maximum Gasteiger partial charge on any atom is 0.139 e. The number of hydrogen-bond donors (Lipinski definition) is 1. The van der Waals surface area contributed by atoms with E-state index in [2.05, 4.69) is 0 Å². The van der Waals surface area contributed by atoms with E-state index in [-0.39, 0.29) is 6.61 Å². The van der Waals surface area contributed by atoms with Crippen LogP contribution in [0.5, 0.6) is 0 Å². The van der Waals surface area contributed by atoms with Crippen LogP contribution in [-0.2, 0) is 6.61 Å². The molecule has 0 amide bonds. The maximum absolute atomic E-state index is 13.3. The van der Waals surface area contributed by atoms with Gasteiger partial charge >= 0.3 is 0 Å². The minimum atomic E-state index is -0.399. The summed E-state index contributed by atoms with van der Waals surface area (Å²) in [6.45, 7) is -0.285. The van der Waals surface area contributed by atoms with Gasteiger partial charge in [0.2, 0.25) is 0 Å². The predicted octanol–water partition coefficient (Wildman–Crippen LogP) is 2.06. The molecule has 0 radical (unpaired) electrons. The van der Waals surface area contributed by atoms with Gasteiger partial charge in [-0.1, -0.05) is 6.07 Å². The summed E-state index contributed by atoms with van der Waals surface area (Å²) >= 11 is 0. The molecular formula is C9H7FO2. The lowest BCUT2D eigenvalue weighted by Crippen LogP contribution is -1.88. The van der Waals surface area contributed by atoms with E-state index in [4.69, 9.17) is 9.52 Å². The van der Waals surface area contributed by atoms with Crippen molar-refractivity contribution in [1.29, 1.82) is 0 Å². The monoisotopic (exact) mass is 166 g/mol. The molecule has 62 valence electrons. The van der Waals surface area contributed by atoms with Gasteiger partial charge in [0.15, 0.2) is 0 Å². The highest BCUT2D eigenvalue weighted by Crippen LogP contribution is 2.21. The van der Waals surface area contributed by atoms with Crippen LogP contribution >= 0.6 is 0 Å². The average Bonchev–Trinajstić information content (AvgIpc) is 2.53. The fraction of sp³-hybridized carbons (Fsp3) is 0.111. The summed E-state index contributed by atoms with van der Waals surface area (Å²) in [7, 11) is 0. The van der Waals surface area contributed by atoms with Crippen molar-refractivity contribution >= 4 is 11.0 Å². The van der Waals surface area contributed by atoms with Gasteiger partial charge in [0, 0.05) is 5.56 Å². The molecule has 2 nitrogen and oxygen atoms in total. The number of fused-ring (bicyclic) bond motifs is 1. The number of aliphatic hydroxyl groups excluding tert-OH is 1. The van der Waals surface area contributed by atoms with Crippen LogP contribution in [0, 0.1) is 5.82 Å². The summed E-state index contributed by atoms with van der Waals surface area (Å²) in [5.74, 6) is -0.399. The molecule has 1 N–H and O–H groups in total. The van der Waals surface area contributed by atoms with E-state index in [1.165, 1.54) is 12.3 Å². The Morgan fingerprint density at radius 1 is 1.33 bits per heavy atom. The Morgan fingerprint density at radius 3 is 2.92 bits per heavy atom. The van der Waals surface area contributed by atoms with Gasteiger partial charge in [0.25, 0.3) is 0 Å². The SMILES string of the molecule is OCc1ccc2occc2c1F. The lowest BCUT2D eigenvalue weighted by atomic mass is 10.1. The summed E-state index contributed by atoms with van der Waals surface area (Å²) in [5.41, 5.74) is 0.800. The van der Waals surface area contributed by atoms with E-state index in [1.807, 2.05) is 0 Å². The number of halogens is 1. The Bertz CT molecular complexity index is 406. The predicted molar refractivity (Wildman–Crippen MR) is 42.1 cm³/mol. The molecule has 1 heterocycles. The van der Waals surface area contributed by atoms with E-state index >= 15 is 0 Å². The van der Waals surface area contributed by atoms with Crippen molar-refractivity contribution in [2.75, 3.05) is 0 Å². The molecule has 0 atom stereocenters. The zero-order valence-corrected chi connectivity index (χ0v) is 6.25. The highest BCUT2D eigenvalue weighted by atomic mass is 19.1. The molecular weight excluding hydrogens is 159 g/mol. The number of hydrogen-bond acceptors (Lipinski definition) is 2. The normalized spacial score (nSPS) is 10.8. The first-order valence-corrected chi connectivity index (χ1v) is 3.58. The van der Waals surface area contributed by atoms with E-state index in [0.29, 0.717) is 16.5 Å². The first kappa shape index (κ1) is 7.31. The molecule has 0 aliphatic heterocycles. The number of benzene rings is 1. The fourth-order valence-corrected chi connectivity index (χ4v) is 1.18. The number of aliphatic hydroxyl groups is 1. The summed E-state index contributed by atoms with van der Waals surface area (Å²) in [6, 6.07) is 4.70. The van der Waals surface area contributed by atoms with Crippen LogP contribution in [-0.4, -0.2) is 5.11 Å². The van der Waals surface area contributed by atoms with E-state index in [1.54, 1.807) is 12.1 Å². The van der Waals surface area contributed by atoms with Gasteiger partial charge < -0.3 is 9.52 Å². The van der Waals surface area contributed by atoms with Gasteiger partial charge in [-0.15, -0.1) is 0 Å². The Labute approximate surface area is 68.2 Å². The van der Waals surface area contributed by atoms with E-state index in [9.17, 15) is 4.39 Å². The van der Waals surface area contributed by atoms with Crippen LogP contribution in [0.2, 0.25) is 0 Å².